The number of benzene rings is 1. The summed E-state index contributed by atoms with van der Waals surface area (Å²) in [6.45, 7) is 0. The van der Waals surface area contributed by atoms with E-state index in [4.69, 9.17) is 5.11 Å². The predicted octanol–water partition coefficient (Wildman–Crippen LogP) is 2.95. The largest absolute Gasteiger partial charge is 0.478 e. The SMILES string of the molecule is O=C(O)c1ccc(C=Cc2ccncc2)cc1. The molecule has 1 N–H and O–H groups in total. The number of pyridine rings is 1. The Morgan fingerprint density at radius 1 is 0.941 bits per heavy atom. The third-order valence-electron chi connectivity index (χ3n) is 2.33. The molecule has 84 valence electrons. The van der Waals surface area contributed by atoms with Gasteiger partial charge in [-0.25, -0.2) is 4.79 Å². The van der Waals surface area contributed by atoms with Crippen LogP contribution >= 0.6 is 0 Å². The Morgan fingerprint density at radius 2 is 1.47 bits per heavy atom. The van der Waals surface area contributed by atoms with Crippen molar-refractivity contribution in [1.82, 2.24) is 4.98 Å². The normalized spacial score (nSPS) is 10.6. The van der Waals surface area contributed by atoms with Crippen LogP contribution in [0.3, 0.4) is 0 Å². The van der Waals surface area contributed by atoms with Gasteiger partial charge in [0.25, 0.3) is 0 Å². The van der Waals surface area contributed by atoms with E-state index in [0.717, 1.165) is 11.1 Å². The number of aromatic carboxylic acids is 1. The smallest absolute Gasteiger partial charge is 0.335 e. The van der Waals surface area contributed by atoms with Crippen LogP contribution in [-0.2, 0) is 0 Å². The van der Waals surface area contributed by atoms with Gasteiger partial charge < -0.3 is 5.11 Å². The molecule has 0 amide bonds. The molecule has 0 aliphatic rings. The molecule has 0 aliphatic carbocycles. The third kappa shape index (κ3) is 3.01. The first-order valence-corrected chi connectivity index (χ1v) is 5.17. The topological polar surface area (TPSA) is 50.2 Å². The molecule has 0 saturated heterocycles. The van der Waals surface area contributed by atoms with Crippen LogP contribution in [-0.4, -0.2) is 16.1 Å². The molecule has 3 heteroatoms. The molecule has 17 heavy (non-hydrogen) atoms. The van der Waals surface area contributed by atoms with E-state index in [2.05, 4.69) is 4.98 Å². The maximum absolute atomic E-state index is 10.7. The van der Waals surface area contributed by atoms with Gasteiger partial charge in [-0.2, -0.15) is 0 Å². The summed E-state index contributed by atoms with van der Waals surface area (Å²) in [4.78, 5) is 14.6. The zero-order chi connectivity index (χ0) is 12.1. The molecule has 2 aromatic rings. The summed E-state index contributed by atoms with van der Waals surface area (Å²) in [5.41, 5.74) is 2.32. The Bertz CT molecular complexity index is 530. The third-order valence-corrected chi connectivity index (χ3v) is 2.33. The maximum atomic E-state index is 10.7. The molecule has 0 saturated carbocycles. The monoisotopic (exact) mass is 225 g/mol. The van der Waals surface area contributed by atoms with E-state index in [1.54, 1.807) is 36.7 Å². The van der Waals surface area contributed by atoms with Crippen LogP contribution in [0.25, 0.3) is 12.2 Å². The lowest BCUT2D eigenvalue weighted by atomic mass is 10.1. The van der Waals surface area contributed by atoms with E-state index in [1.807, 2.05) is 24.3 Å². The van der Waals surface area contributed by atoms with E-state index in [9.17, 15) is 4.79 Å². The summed E-state index contributed by atoms with van der Waals surface area (Å²) < 4.78 is 0. The van der Waals surface area contributed by atoms with Crippen molar-refractivity contribution in [3.63, 3.8) is 0 Å². The number of aromatic nitrogens is 1. The Balaban J connectivity index is 2.14. The van der Waals surface area contributed by atoms with E-state index in [0.29, 0.717) is 5.56 Å². The number of carboxylic acid groups (broad SMARTS) is 1. The van der Waals surface area contributed by atoms with Crippen LogP contribution in [0.5, 0.6) is 0 Å². The van der Waals surface area contributed by atoms with Gasteiger partial charge in [0.15, 0.2) is 0 Å². The predicted molar refractivity (Wildman–Crippen MR) is 66.6 cm³/mol. The molecule has 0 fully saturated rings. The van der Waals surface area contributed by atoms with Gasteiger partial charge in [0.05, 0.1) is 5.56 Å². The molecule has 0 spiro atoms. The summed E-state index contributed by atoms with van der Waals surface area (Å²) in [6.07, 6.45) is 7.35. The number of hydrogen-bond donors (Lipinski definition) is 1. The van der Waals surface area contributed by atoms with Crippen molar-refractivity contribution in [1.29, 1.82) is 0 Å². The Kier molecular flexibility index (Phi) is 3.31. The molecular formula is C14H11NO2. The standard InChI is InChI=1S/C14H11NO2/c16-14(17)13-5-3-11(4-6-13)1-2-12-7-9-15-10-8-12/h1-10H,(H,16,17). The summed E-state index contributed by atoms with van der Waals surface area (Å²) in [7, 11) is 0. The van der Waals surface area contributed by atoms with Crippen LogP contribution < -0.4 is 0 Å². The van der Waals surface area contributed by atoms with E-state index in [1.165, 1.54) is 0 Å². The highest BCUT2D eigenvalue weighted by atomic mass is 16.4. The highest BCUT2D eigenvalue weighted by Gasteiger charge is 1.99. The van der Waals surface area contributed by atoms with Gasteiger partial charge in [0.2, 0.25) is 0 Å². The van der Waals surface area contributed by atoms with E-state index in [-0.39, 0.29) is 0 Å². The fourth-order valence-corrected chi connectivity index (χ4v) is 1.40. The summed E-state index contributed by atoms with van der Waals surface area (Å²) in [5.74, 6) is -0.908. The molecule has 0 unspecified atom stereocenters. The Labute approximate surface area is 99.1 Å². The zero-order valence-corrected chi connectivity index (χ0v) is 9.08. The molecule has 0 radical (unpaired) electrons. The first-order valence-electron chi connectivity index (χ1n) is 5.17. The second kappa shape index (κ2) is 5.07. The minimum absolute atomic E-state index is 0.297. The highest BCUT2D eigenvalue weighted by Crippen LogP contribution is 2.09. The molecular weight excluding hydrogens is 214 g/mol. The van der Waals surface area contributed by atoms with Crippen LogP contribution in [0.1, 0.15) is 21.5 Å². The van der Waals surface area contributed by atoms with Crippen LogP contribution in [0.2, 0.25) is 0 Å². The number of carboxylic acids is 1. The Morgan fingerprint density at radius 3 is 2.00 bits per heavy atom. The van der Waals surface area contributed by atoms with Crippen molar-refractivity contribution < 1.29 is 9.90 Å². The average molecular weight is 225 g/mol. The summed E-state index contributed by atoms with van der Waals surface area (Å²) >= 11 is 0. The van der Waals surface area contributed by atoms with Crippen molar-refractivity contribution in [3.05, 3.63) is 65.5 Å². The van der Waals surface area contributed by atoms with Crippen molar-refractivity contribution in [2.45, 2.75) is 0 Å². The summed E-state index contributed by atoms with van der Waals surface area (Å²) in [6, 6.07) is 10.6. The lowest BCUT2D eigenvalue weighted by Gasteiger charge is -1.96. The van der Waals surface area contributed by atoms with Gasteiger partial charge in [-0.1, -0.05) is 24.3 Å². The quantitative estimate of drug-likeness (QED) is 0.873. The van der Waals surface area contributed by atoms with Crippen LogP contribution in [0, 0.1) is 0 Å². The van der Waals surface area contributed by atoms with Gasteiger partial charge in [-0.3, -0.25) is 4.98 Å². The first-order chi connectivity index (χ1) is 8.25. The maximum Gasteiger partial charge on any atom is 0.335 e. The number of nitrogens with zero attached hydrogens (tertiary/aromatic N) is 1. The second-order valence-corrected chi connectivity index (χ2v) is 3.54. The molecule has 2 rings (SSSR count). The van der Waals surface area contributed by atoms with Crippen molar-refractivity contribution >= 4 is 18.1 Å². The lowest BCUT2D eigenvalue weighted by molar-refractivity contribution is 0.0697. The molecule has 3 nitrogen and oxygen atoms in total. The minimum atomic E-state index is -0.908. The summed E-state index contributed by atoms with van der Waals surface area (Å²) in [5, 5.41) is 8.76. The molecule has 0 aliphatic heterocycles. The molecule has 0 atom stereocenters. The number of carbonyl (C=O) groups is 1. The van der Waals surface area contributed by atoms with E-state index < -0.39 is 5.97 Å². The highest BCUT2D eigenvalue weighted by molar-refractivity contribution is 5.88. The van der Waals surface area contributed by atoms with Crippen molar-refractivity contribution in [2.75, 3.05) is 0 Å². The van der Waals surface area contributed by atoms with Crippen LogP contribution in [0.4, 0.5) is 0 Å². The van der Waals surface area contributed by atoms with Gasteiger partial charge in [0, 0.05) is 12.4 Å². The first kappa shape index (κ1) is 11.1. The Hall–Kier alpha value is -2.42. The molecule has 1 aromatic carbocycles. The zero-order valence-electron chi connectivity index (χ0n) is 9.08. The van der Waals surface area contributed by atoms with E-state index >= 15 is 0 Å². The van der Waals surface area contributed by atoms with Gasteiger partial charge >= 0.3 is 5.97 Å². The minimum Gasteiger partial charge on any atom is -0.478 e. The number of rotatable bonds is 3. The molecule has 1 aromatic heterocycles. The molecule has 1 heterocycles. The number of hydrogen-bond acceptors (Lipinski definition) is 2. The second-order valence-electron chi connectivity index (χ2n) is 3.54. The van der Waals surface area contributed by atoms with Gasteiger partial charge in [-0.15, -0.1) is 0 Å². The van der Waals surface area contributed by atoms with Crippen molar-refractivity contribution in [3.8, 4) is 0 Å². The van der Waals surface area contributed by atoms with Crippen LogP contribution in [0.15, 0.2) is 48.8 Å². The van der Waals surface area contributed by atoms with Crippen molar-refractivity contribution in [2.24, 2.45) is 0 Å². The average Bonchev–Trinajstić information content (AvgIpc) is 2.38. The fraction of sp³-hybridized carbons (Fsp3) is 0. The van der Waals surface area contributed by atoms with Gasteiger partial charge in [-0.05, 0) is 35.4 Å². The lowest BCUT2D eigenvalue weighted by Crippen LogP contribution is -1.94. The molecule has 0 bridgehead atoms. The fourth-order valence-electron chi connectivity index (χ4n) is 1.40. The van der Waals surface area contributed by atoms with Gasteiger partial charge in [0.1, 0.15) is 0 Å².